The molecule has 2 aromatic rings. The van der Waals surface area contributed by atoms with Crippen LogP contribution in [-0.2, 0) is 0 Å². The van der Waals surface area contributed by atoms with Gasteiger partial charge in [-0.15, -0.1) is 0 Å². The highest BCUT2D eigenvalue weighted by molar-refractivity contribution is 6.32. The van der Waals surface area contributed by atoms with Gasteiger partial charge in [-0.1, -0.05) is 17.7 Å². The summed E-state index contributed by atoms with van der Waals surface area (Å²) in [5.74, 6) is -0.858. The number of nitrogens with one attached hydrogen (secondary N) is 1. The zero-order chi connectivity index (χ0) is 14.0. The molecule has 2 aromatic carbocycles. The van der Waals surface area contributed by atoms with Gasteiger partial charge in [0.05, 0.1) is 0 Å². The van der Waals surface area contributed by atoms with Crippen LogP contribution in [0, 0.1) is 12.7 Å². The number of benzene rings is 2. The van der Waals surface area contributed by atoms with Gasteiger partial charge < -0.3 is 11.1 Å². The largest absolute Gasteiger partial charge is 0.399 e. The van der Waals surface area contributed by atoms with Crippen LogP contribution in [0.2, 0.25) is 5.02 Å². The third kappa shape index (κ3) is 3.03. The van der Waals surface area contributed by atoms with E-state index in [0.717, 1.165) is 0 Å². The molecule has 0 aliphatic carbocycles. The molecule has 0 aliphatic heterocycles. The molecule has 0 bridgehead atoms. The van der Waals surface area contributed by atoms with Crippen LogP contribution in [0.15, 0.2) is 36.4 Å². The van der Waals surface area contributed by atoms with E-state index in [0.29, 0.717) is 21.8 Å². The highest BCUT2D eigenvalue weighted by atomic mass is 35.5. The van der Waals surface area contributed by atoms with Gasteiger partial charge in [0.25, 0.3) is 5.91 Å². The van der Waals surface area contributed by atoms with Crippen molar-refractivity contribution in [2.24, 2.45) is 0 Å². The SMILES string of the molecule is Cc1c(Cl)cccc1C(=O)Nc1cc(N)cc(F)c1. The average molecular weight is 279 g/mol. The monoisotopic (exact) mass is 278 g/mol. The Morgan fingerprint density at radius 1 is 1.32 bits per heavy atom. The summed E-state index contributed by atoms with van der Waals surface area (Å²) in [5, 5.41) is 3.10. The molecule has 0 aromatic heterocycles. The summed E-state index contributed by atoms with van der Waals surface area (Å²) >= 11 is 5.95. The van der Waals surface area contributed by atoms with Gasteiger partial charge in [-0.25, -0.2) is 4.39 Å². The van der Waals surface area contributed by atoms with E-state index in [1.807, 2.05) is 0 Å². The van der Waals surface area contributed by atoms with E-state index in [4.69, 9.17) is 17.3 Å². The quantitative estimate of drug-likeness (QED) is 0.824. The van der Waals surface area contributed by atoms with Crippen LogP contribution in [0.1, 0.15) is 15.9 Å². The standard InChI is InChI=1S/C14H12ClFN2O/c1-8-12(3-2-4-13(8)15)14(19)18-11-6-9(16)5-10(17)7-11/h2-7H,17H2,1H3,(H,18,19). The first kappa shape index (κ1) is 13.4. The highest BCUT2D eigenvalue weighted by Gasteiger charge is 2.11. The van der Waals surface area contributed by atoms with E-state index in [1.54, 1.807) is 25.1 Å². The van der Waals surface area contributed by atoms with Crippen LogP contribution in [0.5, 0.6) is 0 Å². The molecule has 0 saturated carbocycles. The second-order valence-corrected chi connectivity index (χ2v) is 4.55. The fourth-order valence-electron chi connectivity index (χ4n) is 1.74. The Balaban J connectivity index is 2.28. The molecule has 19 heavy (non-hydrogen) atoms. The average Bonchev–Trinajstić information content (AvgIpc) is 2.31. The second kappa shape index (κ2) is 5.28. The summed E-state index contributed by atoms with van der Waals surface area (Å²) < 4.78 is 13.2. The molecule has 0 saturated heterocycles. The van der Waals surface area contributed by atoms with Gasteiger partial charge in [-0.05, 0) is 42.8 Å². The molecule has 0 aliphatic rings. The lowest BCUT2D eigenvalue weighted by molar-refractivity contribution is 0.102. The van der Waals surface area contributed by atoms with Gasteiger partial charge >= 0.3 is 0 Å². The molecule has 5 heteroatoms. The maximum Gasteiger partial charge on any atom is 0.255 e. The Hall–Kier alpha value is -2.07. The van der Waals surface area contributed by atoms with Gasteiger partial charge in [-0.2, -0.15) is 0 Å². The summed E-state index contributed by atoms with van der Waals surface area (Å²) in [4.78, 5) is 12.1. The maximum absolute atomic E-state index is 13.2. The van der Waals surface area contributed by atoms with E-state index in [2.05, 4.69) is 5.32 Å². The molecule has 98 valence electrons. The third-order valence-electron chi connectivity index (χ3n) is 2.69. The van der Waals surface area contributed by atoms with E-state index in [1.165, 1.54) is 18.2 Å². The van der Waals surface area contributed by atoms with Crippen molar-refractivity contribution in [1.82, 2.24) is 0 Å². The molecule has 0 radical (unpaired) electrons. The van der Waals surface area contributed by atoms with Crippen molar-refractivity contribution in [3.05, 3.63) is 58.4 Å². The van der Waals surface area contributed by atoms with Crippen LogP contribution in [-0.4, -0.2) is 5.91 Å². The number of rotatable bonds is 2. The summed E-state index contributed by atoms with van der Waals surface area (Å²) in [7, 11) is 0. The van der Waals surface area contributed by atoms with Crippen LogP contribution in [0.25, 0.3) is 0 Å². The Kier molecular flexibility index (Phi) is 3.71. The zero-order valence-electron chi connectivity index (χ0n) is 10.2. The van der Waals surface area contributed by atoms with E-state index >= 15 is 0 Å². The molecular formula is C14H12ClFN2O. The first-order valence-electron chi connectivity index (χ1n) is 5.60. The number of amides is 1. The van der Waals surface area contributed by atoms with Crippen molar-refractivity contribution in [2.75, 3.05) is 11.1 Å². The molecule has 1 amide bonds. The van der Waals surface area contributed by atoms with Crippen molar-refractivity contribution in [3.8, 4) is 0 Å². The molecule has 0 atom stereocenters. The van der Waals surface area contributed by atoms with Crippen LogP contribution in [0.4, 0.5) is 15.8 Å². The fourth-order valence-corrected chi connectivity index (χ4v) is 1.91. The number of hydrogen-bond acceptors (Lipinski definition) is 2. The smallest absolute Gasteiger partial charge is 0.255 e. The summed E-state index contributed by atoms with van der Waals surface area (Å²) in [6, 6.07) is 8.91. The predicted molar refractivity (Wildman–Crippen MR) is 75.0 cm³/mol. The van der Waals surface area contributed by atoms with Gasteiger partial charge in [0.2, 0.25) is 0 Å². The maximum atomic E-state index is 13.2. The number of anilines is 2. The number of nitrogens with two attached hydrogens (primary N) is 1. The second-order valence-electron chi connectivity index (χ2n) is 4.14. The van der Waals surface area contributed by atoms with Crippen molar-refractivity contribution in [3.63, 3.8) is 0 Å². The van der Waals surface area contributed by atoms with Crippen LogP contribution in [0.3, 0.4) is 0 Å². The molecule has 0 heterocycles. The van der Waals surface area contributed by atoms with Gasteiger partial charge in [0.1, 0.15) is 5.82 Å². The van der Waals surface area contributed by atoms with E-state index < -0.39 is 5.82 Å². The Labute approximate surface area is 115 Å². The minimum atomic E-state index is -0.502. The molecule has 0 unspecified atom stereocenters. The predicted octanol–water partition coefficient (Wildman–Crippen LogP) is 3.62. The number of carbonyl (C=O) groups excluding carboxylic acids is 1. The van der Waals surface area contributed by atoms with Gasteiger partial charge in [-0.3, -0.25) is 4.79 Å². The first-order chi connectivity index (χ1) is 8.97. The molecule has 0 spiro atoms. The molecular weight excluding hydrogens is 267 g/mol. The normalized spacial score (nSPS) is 10.3. The minimum Gasteiger partial charge on any atom is -0.399 e. The van der Waals surface area contributed by atoms with Crippen molar-refractivity contribution in [1.29, 1.82) is 0 Å². The van der Waals surface area contributed by atoms with E-state index in [9.17, 15) is 9.18 Å². The number of hydrogen-bond donors (Lipinski definition) is 2. The molecule has 0 fully saturated rings. The summed E-state index contributed by atoms with van der Waals surface area (Å²) in [5.41, 5.74) is 7.18. The summed E-state index contributed by atoms with van der Waals surface area (Å²) in [6.07, 6.45) is 0. The van der Waals surface area contributed by atoms with Gasteiger partial charge in [0, 0.05) is 22.0 Å². The number of nitrogen functional groups attached to an aromatic ring is 1. The summed E-state index contributed by atoms with van der Waals surface area (Å²) in [6.45, 7) is 1.75. The van der Waals surface area contributed by atoms with Crippen molar-refractivity contribution in [2.45, 2.75) is 6.92 Å². The lowest BCUT2D eigenvalue weighted by Gasteiger charge is -2.09. The van der Waals surface area contributed by atoms with Crippen LogP contribution >= 0.6 is 11.6 Å². The minimum absolute atomic E-state index is 0.248. The zero-order valence-corrected chi connectivity index (χ0v) is 11.0. The lowest BCUT2D eigenvalue weighted by atomic mass is 10.1. The first-order valence-corrected chi connectivity index (χ1v) is 5.97. The number of halogens is 2. The van der Waals surface area contributed by atoms with E-state index in [-0.39, 0.29) is 11.6 Å². The Bertz CT molecular complexity index is 623. The molecule has 3 nitrogen and oxygen atoms in total. The number of carbonyl (C=O) groups is 1. The Morgan fingerprint density at radius 3 is 2.74 bits per heavy atom. The lowest BCUT2D eigenvalue weighted by Crippen LogP contribution is -2.13. The van der Waals surface area contributed by atoms with Crippen LogP contribution < -0.4 is 11.1 Å². The topological polar surface area (TPSA) is 55.1 Å². The molecule has 2 rings (SSSR count). The van der Waals surface area contributed by atoms with Crippen molar-refractivity contribution >= 4 is 28.9 Å². The fraction of sp³-hybridized carbons (Fsp3) is 0.0714. The highest BCUT2D eigenvalue weighted by Crippen LogP contribution is 2.21. The van der Waals surface area contributed by atoms with Gasteiger partial charge in [0.15, 0.2) is 0 Å². The van der Waals surface area contributed by atoms with Crippen molar-refractivity contribution < 1.29 is 9.18 Å². The third-order valence-corrected chi connectivity index (χ3v) is 3.10. The molecule has 3 N–H and O–H groups in total. The Morgan fingerprint density at radius 2 is 2.05 bits per heavy atom.